The van der Waals surface area contributed by atoms with Gasteiger partial charge in [0.15, 0.2) is 22.6 Å². The van der Waals surface area contributed by atoms with E-state index in [1.807, 2.05) is 6.92 Å². The number of nitrogens with zero attached hydrogens (tertiary/aromatic N) is 5. The molecule has 4 aromatic carbocycles. The summed E-state index contributed by atoms with van der Waals surface area (Å²) in [5.74, 6) is -1.36. The fourth-order valence-corrected chi connectivity index (χ4v) is 4.96. The Morgan fingerprint density at radius 1 is 0.943 bits per heavy atom. The number of carbonyl (C=O) groups is 2. The smallest absolute Gasteiger partial charge is 1.00 e. The van der Waals surface area contributed by atoms with Crippen LogP contribution in [0.1, 0.15) is 26.4 Å². The SMILES string of the molecule is Fc1ccc2nc[nH]c2c1.[C-]#[N+]c1ccc(NC(=O)[C@@](C)(O)Cn2cnc3cc(F)ccc32)cc1C.[C-]#[N+]c1ccc(NC(=O)[C@]2(C)CO2)cc1C.[H-].[Na+]. The molecule has 2 atom stereocenters. The van der Waals surface area contributed by atoms with Gasteiger partial charge >= 0.3 is 29.6 Å². The quantitative estimate of drug-likeness (QED) is 0.113. The molecular formula is C38H35F2N8NaO4. The molecule has 3 heterocycles. The Morgan fingerprint density at radius 3 is 2.11 bits per heavy atom. The molecule has 53 heavy (non-hydrogen) atoms. The number of epoxide rings is 1. The topological polar surface area (TPSA) is 146 Å². The van der Waals surface area contributed by atoms with Crippen LogP contribution in [0.2, 0.25) is 0 Å². The number of hydrogen-bond acceptors (Lipinski definition) is 6. The first-order valence-corrected chi connectivity index (χ1v) is 15.9. The summed E-state index contributed by atoms with van der Waals surface area (Å²) in [5.41, 5.74) is 4.13. The summed E-state index contributed by atoms with van der Waals surface area (Å²) in [5, 5.41) is 16.0. The molecule has 12 nitrogen and oxygen atoms in total. The van der Waals surface area contributed by atoms with E-state index in [0.717, 1.165) is 22.2 Å². The second-order valence-electron chi connectivity index (χ2n) is 12.5. The molecule has 1 fully saturated rings. The second-order valence-corrected chi connectivity index (χ2v) is 12.5. The molecule has 2 amide bonds. The molecule has 0 radical (unpaired) electrons. The predicted octanol–water partition coefficient (Wildman–Crippen LogP) is 4.52. The normalized spacial score (nSPS) is 15.2. The third-order valence-electron chi connectivity index (χ3n) is 8.14. The van der Waals surface area contributed by atoms with Crippen molar-refractivity contribution in [3.63, 3.8) is 0 Å². The zero-order chi connectivity index (χ0) is 37.6. The van der Waals surface area contributed by atoms with Gasteiger partial charge in [-0.1, -0.05) is 12.1 Å². The van der Waals surface area contributed by atoms with Crippen molar-refractivity contribution in [2.75, 3.05) is 17.2 Å². The van der Waals surface area contributed by atoms with E-state index in [0.29, 0.717) is 40.4 Å². The van der Waals surface area contributed by atoms with E-state index < -0.39 is 22.9 Å². The standard InChI is InChI=1S/C19H17FN4O2.C12H12N2O2.C7H5FN2.Na.H/c1-12-8-14(5-6-15(12)21-3)23-18(25)19(2,26)10-24-11-22-16-9-13(20)4-7-17(16)24;1-8-6-9(4-5-10(8)13-3)14-11(15)12(2)7-16-12;8-5-1-2-6-7(3-5)10-4-9-6;;/h4-9,11,26H,10H2,1-2H3,(H,23,25);4-6H,7H2,1-2H3,(H,14,15);1-4H,(H,9,10);;/q;;;+1;-1/t19-;12-;;;/m00.../s1. The summed E-state index contributed by atoms with van der Waals surface area (Å²) in [4.78, 5) is 41.7. The van der Waals surface area contributed by atoms with Gasteiger partial charge in [-0.3, -0.25) is 9.59 Å². The molecule has 2 aromatic heterocycles. The number of nitrogens with one attached hydrogen (secondary N) is 3. The van der Waals surface area contributed by atoms with Crippen molar-refractivity contribution in [3.05, 3.63) is 131 Å². The number of aromatic amines is 1. The summed E-state index contributed by atoms with van der Waals surface area (Å²) in [6, 6.07) is 18.7. The van der Waals surface area contributed by atoms with Crippen molar-refractivity contribution in [2.24, 2.45) is 0 Å². The van der Waals surface area contributed by atoms with Crippen LogP contribution in [-0.2, 0) is 20.9 Å². The molecule has 0 saturated carbocycles. The number of rotatable bonds is 6. The average molecular weight is 729 g/mol. The van der Waals surface area contributed by atoms with Gasteiger partial charge in [-0.05, 0) is 93.4 Å². The van der Waals surface area contributed by atoms with Crippen molar-refractivity contribution in [2.45, 2.75) is 45.4 Å². The Hall–Kier alpha value is -5.48. The number of hydrogen-bond donors (Lipinski definition) is 4. The average Bonchev–Trinajstić information content (AvgIpc) is 3.50. The predicted molar refractivity (Wildman–Crippen MR) is 194 cm³/mol. The summed E-state index contributed by atoms with van der Waals surface area (Å²) >= 11 is 0. The van der Waals surface area contributed by atoms with Crippen molar-refractivity contribution in [1.82, 2.24) is 19.5 Å². The summed E-state index contributed by atoms with van der Waals surface area (Å²) in [6.07, 6.45) is 3.00. The van der Waals surface area contributed by atoms with Crippen molar-refractivity contribution in [3.8, 4) is 0 Å². The Morgan fingerprint density at radius 2 is 1.53 bits per heavy atom. The van der Waals surface area contributed by atoms with Crippen molar-refractivity contribution in [1.29, 1.82) is 0 Å². The van der Waals surface area contributed by atoms with Gasteiger partial charge in [-0.2, -0.15) is 0 Å². The van der Waals surface area contributed by atoms with Crippen molar-refractivity contribution < 1.29 is 59.2 Å². The van der Waals surface area contributed by atoms with E-state index >= 15 is 0 Å². The number of ether oxygens (including phenoxy) is 1. The van der Waals surface area contributed by atoms with E-state index in [2.05, 4.69) is 35.3 Å². The molecule has 6 aromatic rings. The number of H-pyrrole nitrogens is 1. The maximum absolute atomic E-state index is 13.3. The number of anilines is 2. The molecule has 7 rings (SSSR count). The molecule has 1 aliphatic rings. The van der Waals surface area contributed by atoms with Gasteiger partial charge in [0.2, 0.25) is 0 Å². The molecule has 0 bridgehead atoms. The van der Waals surface area contributed by atoms with Crippen molar-refractivity contribution >= 4 is 56.6 Å². The van der Waals surface area contributed by atoms with Crippen LogP contribution in [0.5, 0.6) is 0 Å². The minimum atomic E-state index is -1.71. The van der Waals surface area contributed by atoms with Gasteiger partial charge in [-0.15, -0.1) is 0 Å². The molecule has 0 unspecified atom stereocenters. The third-order valence-corrected chi connectivity index (χ3v) is 8.14. The number of benzene rings is 4. The Labute approximate surface area is 327 Å². The minimum absolute atomic E-state index is 0. The number of imidazole rings is 2. The minimum Gasteiger partial charge on any atom is -1.00 e. The fourth-order valence-electron chi connectivity index (χ4n) is 4.96. The Kier molecular flexibility index (Phi) is 12.8. The first-order chi connectivity index (χ1) is 24.7. The Balaban J connectivity index is 0.000000238. The largest absolute Gasteiger partial charge is 1.00 e. The Bertz CT molecular complexity index is 2380. The first kappa shape index (κ1) is 40.3. The van der Waals surface area contributed by atoms with Crippen LogP contribution in [0.25, 0.3) is 31.8 Å². The monoisotopic (exact) mass is 728 g/mol. The van der Waals surface area contributed by atoms with Crippen LogP contribution in [-0.4, -0.2) is 54.2 Å². The van der Waals surface area contributed by atoms with Crippen LogP contribution in [0, 0.1) is 38.6 Å². The van der Waals surface area contributed by atoms with Crippen LogP contribution in [0.4, 0.5) is 31.5 Å². The van der Waals surface area contributed by atoms with Crippen LogP contribution >= 0.6 is 0 Å². The zero-order valence-corrected chi connectivity index (χ0v) is 31.7. The summed E-state index contributed by atoms with van der Waals surface area (Å²) in [7, 11) is 0. The molecule has 0 spiro atoms. The van der Waals surface area contributed by atoms with E-state index in [1.54, 1.807) is 73.3 Å². The van der Waals surface area contributed by atoms with E-state index in [4.69, 9.17) is 17.9 Å². The van der Waals surface area contributed by atoms with Gasteiger partial charge in [0.1, 0.15) is 11.6 Å². The molecule has 4 N–H and O–H groups in total. The van der Waals surface area contributed by atoms with E-state index in [1.165, 1.54) is 37.5 Å². The number of fused-ring (bicyclic) bond motifs is 2. The van der Waals surface area contributed by atoms with E-state index in [9.17, 15) is 23.5 Å². The second kappa shape index (κ2) is 16.9. The number of aliphatic hydroxyl groups is 1. The van der Waals surface area contributed by atoms with E-state index in [-0.39, 0.29) is 49.3 Å². The van der Waals surface area contributed by atoms with Gasteiger partial charge in [0, 0.05) is 17.4 Å². The molecular weight excluding hydrogens is 693 g/mol. The number of halogens is 2. The van der Waals surface area contributed by atoms with Crippen LogP contribution in [0.15, 0.2) is 85.5 Å². The van der Waals surface area contributed by atoms with Gasteiger partial charge in [0.05, 0.1) is 61.0 Å². The van der Waals surface area contributed by atoms with Gasteiger partial charge in [0.25, 0.3) is 11.8 Å². The summed E-state index contributed by atoms with van der Waals surface area (Å²) < 4.78 is 32.4. The maximum Gasteiger partial charge on any atom is 1.00 e. The number of aryl methyl sites for hydroxylation is 2. The maximum atomic E-state index is 13.3. The summed E-state index contributed by atoms with van der Waals surface area (Å²) in [6.45, 7) is 21.2. The van der Waals surface area contributed by atoms with Crippen LogP contribution in [0.3, 0.4) is 0 Å². The fraction of sp³-hybridized carbons (Fsp3) is 0.211. The first-order valence-electron chi connectivity index (χ1n) is 15.9. The molecule has 1 aliphatic heterocycles. The molecule has 1 saturated heterocycles. The van der Waals surface area contributed by atoms with Crippen LogP contribution < -0.4 is 40.2 Å². The molecule has 15 heteroatoms. The third kappa shape index (κ3) is 10.1. The zero-order valence-electron chi connectivity index (χ0n) is 30.7. The number of carbonyl (C=O) groups excluding carboxylic acids is 2. The van der Waals surface area contributed by atoms with Gasteiger partial charge < -0.3 is 31.5 Å². The number of amides is 2. The number of aromatic nitrogens is 4. The molecule has 0 aliphatic carbocycles. The van der Waals surface area contributed by atoms with Gasteiger partial charge in [-0.25, -0.2) is 28.4 Å². The molecule has 266 valence electrons.